The molecule has 0 bridgehead atoms. The van der Waals surface area contributed by atoms with Gasteiger partial charge in [-0.25, -0.2) is 9.37 Å². The van der Waals surface area contributed by atoms with Gasteiger partial charge in [-0.15, -0.1) is 0 Å². The molecule has 0 saturated carbocycles. The predicted molar refractivity (Wildman–Crippen MR) is 100 cm³/mol. The van der Waals surface area contributed by atoms with Crippen molar-refractivity contribution >= 4 is 16.9 Å². The lowest BCUT2D eigenvalue weighted by Crippen LogP contribution is -2.22. The number of imidazole rings is 1. The number of amides is 1. The van der Waals surface area contributed by atoms with Gasteiger partial charge in [-0.2, -0.15) is 0 Å². The van der Waals surface area contributed by atoms with Gasteiger partial charge in [-0.05, 0) is 60.2 Å². The van der Waals surface area contributed by atoms with E-state index in [1.807, 2.05) is 18.2 Å². The Kier molecular flexibility index (Phi) is 4.53. The minimum atomic E-state index is -0.313. The molecule has 0 fully saturated rings. The summed E-state index contributed by atoms with van der Waals surface area (Å²) in [7, 11) is 0. The molecule has 5 nitrogen and oxygen atoms in total. The van der Waals surface area contributed by atoms with Crippen LogP contribution in [0.25, 0.3) is 11.0 Å². The first-order valence-electron chi connectivity index (χ1n) is 8.41. The van der Waals surface area contributed by atoms with Crippen molar-refractivity contribution in [2.45, 2.75) is 6.54 Å². The molecule has 6 heteroatoms. The van der Waals surface area contributed by atoms with Gasteiger partial charge in [-0.1, -0.05) is 12.1 Å². The zero-order chi connectivity index (χ0) is 18.6. The summed E-state index contributed by atoms with van der Waals surface area (Å²) in [6.07, 6.45) is 1.60. The Morgan fingerprint density at radius 2 is 1.89 bits per heavy atom. The summed E-state index contributed by atoms with van der Waals surface area (Å²) in [5, 5.41) is 2.89. The van der Waals surface area contributed by atoms with Crippen LogP contribution >= 0.6 is 0 Å². The van der Waals surface area contributed by atoms with Crippen molar-refractivity contribution in [3.05, 3.63) is 90.0 Å². The Morgan fingerprint density at radius 1 is 1.04 bits per heavy atom. The molecule has 0 radical (unpaired) electrons. The highest BCUT2D eigenvalue weighted by molar-refractivity contribution is 5.97. The number of aromatic amines is 1. The summed E-state index contributed by atoms with van der Waals surface area (Å²) in [5.41, 5.74) is 3.09. The maximum absolute atomic E-state index is 13.0. The summed E-state index contributed by atoms with van der Waals surface area (Å²) >= 11 is 0. The molecule has 0 saturated heterocycles. The highest BCUT2D eigenvalue weighted by Crippen LogP contribution is 2.22. The molecule has 0 spiro atoms. The first-order valence-corrected chi connectivity index (χ1v) is 8.41. The van der Waals surface area contributed by atoms with E-state index in [2.05, 4.69) is 15.3 Å². The number of nitrogens with one attached hydrogen (secondary N) is 2. The average Bonchev–Trinajstić information content (AvgIpc) is 3.16. The molecule has 134 valence electrons. The van der Waals surface area contributed by atoms with Gasteiger partial charge in [0.15, 0.2) is 0 Å². The lowest BCUT2D eigenvalue weighted by molar-refractivity contribution is 0.0951. The van der Waals surface area contributed by atoms with Crippen molar-refractivity contribution in [3.63, 3.8) is 0 Å². The van der Waals surface area contributed by atoms with Crippen molar-refractivity contribution < 1.29 is 13.9 Å². The number of H-pyrrole nitrogens is 1. The molecule has 0 unspecified atom stereocenters. The van der Waals surface area contributed by atoms with Crippen LogP contribution in [-0.2, 0) is 6.54 Å². The van der Waals surface area contributed by atoms with Gasteiger partial charge in [-0.3, -0.25) is 4.79 Å². The topological polar surface area (TPSA) is 67.0 Å². The third kappa shape index (κ3) is 3.95. The van der Waals surface area contributed by atoms with Gasteiger partial charge < -0.3 is 15.0 Å². The Balaban J connectivity index is 1.41. The molecule has 2 N–H and O–H groups in total. The number of fused-ring (bicyclic) bond motifs is 1. The number of nitrogens with zero attached hydrogens (tertiary/aromatic N) is 1. The zero-order valence-electron chi connectivity index (χ0n) is 14.3. The molecule has 0 aliphatic heterocycles. The van der Waals surface area contributed by atoms with Crippen LogP contribution in [0.1, 0.15) is 15.9 Å². The molecular weight excluding hydrogens is 345 g/mol. The smallest absolute Gasteiger partial charge is 0.251 e. The first kappa shape index (κ1) is 16.8. The van der Waals surface area contributed by atoms with E-state index in [9.17, 15) is 9.18 Å². The largest absolute Gasteiger partial charge is 0.457 e. The molecule has 1 amide bonds. The Bertz CT molecular complexity index is 1090. The van der Waals surface area contributed by atoms with Gasteiger partial charge in [0.2, 0.25) is 0 Å². The number of rotatable bonds is 5. The second-order valence-corrected chi connectivity index (χ2v) is 6.02. The molecule has 4 aromatic rings. The van der Waals surface area contributed by atoms with Gasteiger partial charge >= 0.3 is 0 Å². The summed E-state index contributed by atoms with van der Waals surface area (Å²) in [6.45, 7) is 0.362. The lowest BCUT2D eigenvalue weighted by Gasteiger charge is -2.09. The number of halogens is 1. The van der Waals surface area contributed by atoms with E-state index in [1.165, 1.54) is 12.1 Å². The molecule has 4 rings (SSSR count). The molecular formula is C21H16FN3O2. The summed E-state index contributed by atoms with van der Waals surface area (Å²) in [5.74, 6) is 0.682. The maximum atomic E-state index is 13.0. The Morgan fingerprint density at radius 3 is 2.74 bits per heavy atom. The van der Waals surface area contributed by atoms with Crippen molar-refractivity contribution in [2.75, 3.05) is 0 Å². The highest BCUT2D eigenvalue weighted by atomic mass is 19.1. The number of ether oxygens (including phenoxy) is 1. The van der Waals surface area contributed by atoms with E-state index < -0.39 is 0 Å². The van der Waals surface area contributed by atoms with E-state index >= 15 is 0 Å². The lowest BCUT2D eigenvalue weighted by atomic mass is 10.1. The summed E-state index contributed by atoms with van der Waals surface area (Å²) < 4.78 is 18.7. The summed E-state index contributed by atoms with van der Waals surface area (Å²) in [6, 6.07) is 18.5. The number of hydrogen-bond donors (Lipinski definition) is 2. The number of aromatic nitrogens is 2. The second kappa shape index (κ2) is 7.29. The Hall–Kier alpha value is -3.67. The van der Waals surface area contributed by atoms with Crippen molar-refractivity contribution in [1.82, 2.24) is 15.3 Å². The molecule has 1 aromatic heterocycles. The van der Waals surface area contributed by atoms with Crippen molar-refractivity contribution in [3.8, 4) is 11.5 Å². The van der Waals surface area contributed by atoms with E-state index in [4.69, 9.17) is 4.74 Å². The quantitative estimate of drug-likeness (QED) is 0.553. The first-order chi connectivity index (χ1) is 13.2. The van der Waals surface area contributed by atoms with Crippen LogP contribution in [0.15, 0.2) is 73.1 Å². The van der Waals surface area contributed by atoms with Crippen molar-refractivity contribution in [1.29, 1.82) is 0 Å². The second-order valence-electron chi connectivity index (χ2n) is 6.02. The number of carbonyl (C=O) groups is 1. The highest BCUT2D eigenvalue weighted by Gasteiger charge is 2.08. The molecule has 1 heterocycles. The van der Waals surface area contributed by atoms with Gasteiger partial charge in [0.05, 0.1) is 17.4 Å². The monoisotopic (exact) mass is 361 g/mol. The van der Waals surface area contributed by atoms with Crippen LogP contribution in [0.3, 0.4) is 0 Å². The van der Waals surface area contributed by atoms with E-state index in [0.717, 1.165) is 16.6 Å². The van der Waals surface area contributed by atoms with Gasteiger partial charge in [0.1, 0.15) is 17.3 Å². The molecule has 0 aliphatic carbocycles. The van der Waals surface area contributed by atoms with E-state index in [0.29, 0.717) is 23.6 Å². The van der Waals surface area contributed by atoms with E-state index in [1.54, 1.807) is 42.7 Å². The van der Waals surface area contributed by atoms with Gasteiger partial charge in [0, 0.05) is 12.1 Å². The molecule has 0 aliphatic rings. The number of hydrogen-bond acceptors (Lipinski definition) is 3. The third-order valence-corrected chi connectivity index (χ3v) is 4.08. The minimum absolute atomic E-state index is 0.170. The van der Waals surface area contributed by atoms with Crippen LogP contribution in [0.2, 0.25) is 0 Å². The Labute approximate surface area is 154 Å². The van der Waals surface area contributed by atoms with Crippen LogP contribution < -0.4 is 10.1 Å². The predicted octanol–water partition coefficient (Wildman–Crippen LogP) is 4.42. The fourth-order valence-corrected chi connectivity index (χ4v) is 2.72. The van der Waals surface area contributed by atoms with Crippen LogP contribution in [0, 0.1) is 5.82 Å². The molecule has 3 aromatic carbocycles. The molecule has 27 heavy (non-hydrogen) atoms. The summed E-state index contributed by atoms with van der Waals surface area (Å²) in [4.78, 5) is 19.5. The average molecular weight is 361 g/mol. The number of carbonyl (C=O) groups excluding carboxylic acids is 1. The van der Waals surface area contributed by atoms with Crippen LogP contribution in [0.5, 0.6) is 11.5 Å². The SMILES string of the molecule is O=C(NCc1cccc(Oc2ccc(F)cc2)c1)c1ccc2nc[nH]c2c1. The fraction of sp³-hybridized carbons (Fsp3) is 0.0476. The van der Waals surface area contributed by atoms with Crippen LogP contribution in [-0.4, -0.2) is 15.9 Å². The molecule has 0 atom stereocenters. The van der Waals surface area contributed by atoms with E-state index in [-0.39, 0.29) is 11.7 Å². The zero-order valence-corrected chi connectivity index (χ0v) is 14.3. The maximum Gasteiger partial charge on any atom is 0.251 e. The third-order valence-electron chi connectivity index (χ3n) is 4.08. The van der Waals surface area contributed by atoms with Gasteiger partial charge in [0.25, 0.3) is 5.91 Å². The van der Waals surface area contributed by atoms with Crippen molar-refractivity contribution in [2.24, 2.45) is 0 Å². The fourth-order valence-electron chi connectivity index (χ4n) is 2.72. The number of benzene rings is 3. The normalized spacial score (nSPS) is 10.7. The minimum Gasteiger partial charge on any atom is -0.457 e. The van der Waals surface area contributed by atoms with Crippen LogP contribution in [0.4, 0.5) is 4.39 Å². The standard InChI is InChI=1S/C21H16FN3O2/c22-16-5-7-17(8-6-16)27-18-3-1-2-14(10-18)12-23-21(26)15-4-9-19-20(11-15)25-13-24-19/h1-11,13H,12H2,(H,23,26)(H,24,25).